The first-order valence-corrected chi connectivity index (χ1v) is 12.2. The average Bonchev–Trinajstić information content (AvgIpc) is 3.38. The van der Waals surface area contributed by atoms with E-state index in [9.17, 15) is 13.2 Å². The van der Waals surface area contributed by atoms with Crippen molar-refractivity contribution in [3.8, 4) is 5.75 Å². The van der Waals surface area contributed by atoms with Gasteiger partial charge < -0.3 is 14.5 Å². The molecule has 0 aliphatic rings. The molecule has 4 rings (SSSR count). The predicted molar refractivity (Wildman–Crippen MR) is 129 cm³/mol. The van der Waals surface area contributed by atoms with Gasteiger partial charge >= 0.3 is 0 Å². The molecule has 3 aromatic carbocycles. The lowest BCUT2D eigenvalue weighted by molar-refractivity contribution is 0.0939. The van der Waals surface area contributed by atoms with Crippen LogP contribution in [-0.2, 0) is 10.0 Å². The van der Waals surface area contributed by atoms with Gasteiger partial charge in [0.2, 0.25) is 0 Å². The van der Waals surface area contributed by atoms with Crippen LogP contribution in [0.25, 0.3) is 0 Å². The van der Waals surface area contributed by atoms with E-state index < -0.39 is 16.1 Å². The highest BCUT2D eigenvalue weighted by molar-refractivity contribution is 7.92. The number of furan rings is 1. The van der Waals surface area contributed by atoms with E-state index in [4.69, 9.17) is 9.15 Å². The van der Waals surface area contributed by atoms with E-state index in [1.54, 1.807) is 48.7 Å². The van der Waals surface area contributed by atoms with Crippen LogP contribution in [0.2, 0.25) is 0 Å². The van der Waals surface area contributed by atoms with E-state index in [-0.39, 0.29) is 16.5 Å². The molecule has 34 heavy (non-hydrogen) atoms. The number of benzene rings is 3. The van der Waals surface area contributed by atoms with Crippen LogP contribution in [0, 0.1) is 0 Å². The van der Waals surface area contributed by atoms with E-state index in [0.717, 1.165) is 5.56 Å². The smallest absolute Gasteiger partial charge is 0.261 e. The first kappa shape index (κ1) is 23.1. The van der Waals surface area contributed by atoms with Crippen LogP contribution < -0.4 is 14.8 Å². The van der Waals surface area contributed by atoms with Crippen LogP contribution in [0.5, 0.6) is 5.75 Å². The van der Waals surface area contributed by atoms with Crippen molar-refractivity contribution >= 4 is 21.6 Å². The predicted octanol–water partition coefficient (Wildman–Crippen LogP) is 5.00. The summed E-state index contributed by atoms with van der Waals surface area (Å²) in [5, 5.41) is 2.97. The number of sulfonamides is 1. The molecule has 0 radical (unpaired) electrons. The summed E-state index contributed by atoms with van der Waals surface area (Å²) in [6.07, 6.45) is 1.55. The first-order valence-electron chi connectivity index (χ1n) is 10.7. The molecule has 0 saturated carbocycles. The molecule has 1 amide bonds. The second-order valence-corrected chi connectivity index (χ2v) is 9.11. The monoisotopic (exact) mass is 476 g/mol. The van der Waals surface area contributed by atoms with Gasteiger partial charge in [0.05, 0.1) is 17.8 Å². The maximum atomic E-state index is 13.1. The van der Waals surface area contributed by atoms with Crippen molar-refractivity contribution < 1.29 is 22.4 Å². The molecular weight excluding hydrogens is 452 g/mol. The minimum absolute atomic E-state index is 0.0905. The number of hydrogen-bond donors (Lipinski definition) is 2. The lowest BCUT2D eigenvalue weighted by atomic mass is 10.0. The zero-order valence-electron chi connectivity index (χ0n) is 18.5. The third kappa shape index (κ3) is 5.47. The molecule has 0 bridgehead atoms. The van der Waals surface area contributed by atoms with Crippen molar-refractivity contribution in [2.24, 2.45) is 0 Å². The fraction of sp³-hybridized carbons (Fsp3) is 0.115. The zero-order chi connectivity index (χ0) is 24.0. The van der Waals surface area contributed by atoms with E-state index in [0.29, 0.717) is 23.7 Å². The lowest BCUT2D eigenvalue weighted by Crippen LogP contribution is -2.29. The quantitative estimate of drug-likeness (QED) is 0.354. The minimum atomic E-state index is -3.84. The standard InChI is InChI=1S/C26H24N2O5S/c1-2-32-22-13-15-23(16-14-22)34(30,31)28-21-11-6-10-20(18-21)26(29)27-25(24-12-7-17-33-24)19-8-4-3-5-9-19/h3-18,25,28H,2H2,1H3,(H,27,29). The highest BCUT2D eigenvalue weighted by Crippen LogP contribution is 2.24. The number of hydrogen-bond acceptors (Lipinski definition) is 5. The van der Waals surface area contributed by atoms with Crippen molar-refractivity contribution in [1.29, 1.82) is 0 Å². The summed E-state index contributed by atoms with van der Waals surface area (Å²) in [7, 11) is -3.84. The van der Waals surface area contributed by atoms with Gasteiger partial charge in [-0.25, -0.2) is 8.42 Å². The van der Waals surface area contributed by atoms with E-state index in [2.05, 4.69) is 10.0 Å². The number of rotatable bonds is 9. The summed E-state index contributed by atoms with van der Waals surface area (Å²) in [4.78, 5) is 13.2. The van der Waals surface area contributed by atoms with Gasteiger partial charge in [0.25, 0.3) is 15.9 Å². The molecule has 1 heterocycles. The third-order valence-electron chi connectivity index (χ3n) is 5.06. The molecule has 1 atom stereocenters. The molecule has 174 valence electrons. The fourth-order valence-corrected chi connectivity index (χ4v) is 4.50. The number of ether oxygens (including phenoxy) is 1. The Kier molecular flexibility index (Phi) is 6.98. The van der Waals surface area contributed by atoms with Crippen LogP contribution in [0.3, 0.4) is 0 Å². The largest absolute Gasteiger partial charge is 0.494 e. The number of nitrogens with one attached hydrogen (secondary N) is 2. The summed E-state index contributed by atoms with van der Waals surface area (Å²) in [5.74, 6) is 0.809. The summed E-state index contributed by atoms with van der Waals surface area (Å²) in [5.41, 5.74) is 1.44. The molecule has 2 N–H and O–H groups in total. The van der Waals surface area contributed by atoms with E-state index in [1.165, 1.54) is 18.2 Å². The van der Waals surface area contributed by atoms with Crippen LogP contribution in [0.15, 0.2) is 107 Å². The van der Waals surface area contributed by atoms with Crippen molar-refractivity contribution in [1.82, 2.24) is 5.32 Å². The van der Waals surface area contributed by atoms with Gasteiger partial charge in [-0.2, -0.15) is 0 Å². The van der Waals surface area contributed by atoms with Gasteiger partial charge in [0.1, 0.15) is 17.6 Å². The summed E-state index contributed by atoms with van der Waals surface area (Å²) >= 11 is 0. The second kappa shape index (κ2) is 10.3. The molecule has 0 spiro atoms. The highest BCUT2D eigenvalue weighted by Gasteiger charge is 2.21. The minimum Gasteiger partial charge on any atom is -0.494 e. The van der Waals surface area contributed by atoms with Gasteiger partial charge in [-0.15, -0.1) is 0 Å². The Morgan fingerprint density at radius 2 is 1.71 bits per heavy atom. The number of carbonyl (C=O) groups is 1. The van der Waals surface area contributed by atoms with Crippen LogP contribution in [0.4, 0.5) is 5.69 Å². The van der Waals surface area contributed by atoms with Crippen molar-refractivity contribution in [3.05, 3.63) is 114 Å². The fourth-order valence-electron chi connectivity index (χ4n) is 3.45. The topological polar surface area (TPSA) is 97.6 Å². The van der Waals surface area contributed by atoms with Gasteiger partial charge in [0.15, 0.2) is 0 Å². The Bertz CT molecular complexity index is 1340. The van der Waals surface area contributed by atoms with E-state index >= 15 is 0 Å². The molecule has 8 heteroatoms. The van der Waals surface area contributed by atoms with Gasteiger partial charge in [-0.05, 0) is 67.1 Å². The Balaban J connectivity index is 1.53. The lowest BCUT2D eigenvalue weighted by Gasteiger charge is -2.17. The molecule has 0 aliphatic carbocycles. The van der Waals surface area contributed by atoms with Crippen molar-refractivity contribution in [3.63, 3.8) is 0 Å². The summed E-state index contributed by atoms with van der Waals surface area (Å²) < 4.78 is 39.0. The summed E-state index contributed by atoms with van der Waals surface area (Å²) in [6, 6.07) is 25.0. The zero-order valence-corrected chi connectivity index (χ0v) is 19.3. The highest BCUT2D eigenvalue weighted by atomic mass is 32.2. The van der Waals surface area contributed by atoms with Gasteiger partial charge in [-0.3, -0.25) is 9.52 Å². The average molecular weight is 477 g/mol. The maximum Gasteiger partial charge on any atom is 0.261 e. The normalized spacial score (nSPS) is 12.0. The molecule has 1 unspecified atom stereocenters. The Morgan fingerprint density at radius 1 is 0.941 bits per heavy atom. The Labute approximate surface area is 198 Å². The molecular formula is C26H24N2O5S. The molecule has 0 aliphatic heterocycles. The summed E-state index contributed by atoms with van der Waals surface area (Å²) in [6.45, 7) is 2.34. The SMILES string of the molecule is CCOc1ccc(S(=O)(=O)Nc2cccc(C(=O)NC(c3ccccc3)c3ccco3)c2)cc1. The van der Waals surface area contributed by atoms with E-state index in [1.807, 2.05) is 37.3 Å². The van der Waals surface area contributed by atoms with Gasteiger partial charge in [0, 0.05) is 11.3 Å². The Hall–Kier alpha value is -4.04. The van der Waals surface area contributed by atoms with Crippen molar-refractivity contribution in [2.45, 2.75) is 17.9 Å². The number of anilines is 1. The molecule has 4 aromatic rings. The molecule has 1 aromatic heterocycles. The molecule has 0 saturated heterocycles. The first-order chi connectivity index (χ1) is 16.5. The number of amides is 1. The van der Waals surface area contributed by atoms with Gasteiger partial charge in [-0.1, -0.05) is 36.4 Å². The third-order valence-corrected chi connectivity index (χ3v) is 6.46. The molecule has 0 fully saturated rings. The second-order valence-electron chi connectivity index (χ2n) is 7.42. The Morgan fingerprint density at radius 3 is 2.38 bits per heavy atom. The number of carbonyl (C=O) groups excluding carboxylic acids is 1. The van der Waals surface area contributed by atoms with Crippen molar-refractivity contribution in [2.75, 3.05) is 11.3 Å². The maximum absolute atomic E-state index is 13.1. The van der Waals surface area contributed by atoms with Crippen LogP contribution in [0.1, 0.15) is 34.6 Å². The molecule has 7 nitrogen and oxygen atoms in total. The van der Waals surface area contributed by atoms with Crippen LogP contribution >= 0.6 is 0 Å². The van der Waals surface area contributed by atoms with Crippen LogP contribution in [-0.4, -0.2) is 20.9 Å².